The lowest BCUT2D eigenvalue weighted by atomic mass is 10.2. The van der Waals surface area contributed by atoms with Gasteiger partial charge in [-0.1, -0.05) is 0 Å². The van der Waals surface area contributed by atoms with Crippen LogP contribution in [0.3, 0.4) is 0 Å². The molecule has 1 N–H and O–H groups in total. The zero-order valence-corrected chi connectivity index (χ0v) is 13.0. The van der Waals surface area contributed by atoms with Gasteiger partial charge in [-0.05, 0) is 12.1 Å². The lowest BCUT2D eigenvalue weighted by Gasteiger charge is -2.36. The van der Waals surface area contributed by atoms with Crippen molar-refractivity contribution in [2.45, 2.75) is 12.5 Å². The van der Waals surface area contributed by atoms with Gasteiger partial charge in [-0.3, -0.25) is 9.59 Å². The molecule has 2 aliphatic rings. The van der Waals surface area contributed by atoms with Crippen LogP contribution in [0.25, 0.3) is 0 Å². The molecule has 2 saturated heterocycles. The van der Waals surface area contributed by atoms with Gasteiger partial charge >= 0.3 is 6.03 Å². The van der Waals surface area contributed by atoms with Crippen molar-refractivity contribution in [2.24, 2.45) is 0 Å². The first-order chi connectivity index (χ1) is 11.1. The molecule has 2 fully saturated rings. The van der Waals surface area contributed by atoms with Gasteiger partial charge in [0.2, 0.25) is 5.91 Å². The van der Waals surface area contributed by atoms with Crippen LogP contribution in [0.4, 0.5) is 4.79 Å². The normalized spacial score (nSPS) is 20.7. The molecule has 124 valence electrons. The summed E-state index contributed by atoms with van der Waals surface area (Å²) in [5, 5.41) is 2.66. The molecule has 1 aromatic rings. The van der Waals surface area contributed by atoms with Crippen LogP contribution in [0.2, 0.25) is 0 Å². The van der Waals surface area contributed by atoms with Crippen LogP contribution >= 0.6 is 0 Å². The lowest BCUT2D eigenvalue weighted by molar-refractivity contribution is -0.133. The Labute approximate surface area is 134 Å². The molecule has 4 amide bonds. The molecule has 8 nitrogen and oxygen atoms in total. The second-order valence-corrected chi connectivity index (χ2v) is 5.83. The molecule has 23 heavy (non-hydrogen) atoms. The predicted molar refractivity (Wildman–Crippen MR) is 80.8 cm³/mol. The summed E-state index contributed by atoms with van der Waals surface area (Å²) in [7, 11) is 1.77. The largest absolute Gasteiger partial charge is 0.459 e. The lowest BCUT2D eigenvalue weighted by Crippen LogP contribution is -2.54. The zero-order valence-electron chi connectivity index (χ0n) is 13.0. The first-order valence-corrected chi connectivity index (χ1v) is 7.67. The van der Waals surface area contributed by atoms with Gasteiger partial charge < -0.3 is 24.4 Å². The van der Waals surface area contributed by atoms with Crippen molar-refractivity contribution in [3.63, 3.8) is 0 Å². The molecule has 0 unspecified atom stereocenters. The molecule has 0 spiro atoms. The fourth-order valence-corrected chi connectivity index (χ4v) is 3.04. The molecule has 3 heterocycles. The molecular weight excluding hydrogens is 300 g/mol. The summed E-state index contributed by atoms with van der Waals surface area (Å²) in [6.45, 7) is 2.58. The van der Waals surface area contributed by atoms with Gasteiger partial charge in [-0.25, -0.2) is 4.79 Å². The third-order valence-electron chi connectivity index (χ3n) is 4.26. The van der Waals surface area contributed by atoms with Crippen LogP contribution < -0.4 is 5.32 Å². The second-order valence-electron chi connectivity index (χ2n) is 5.83. The van der Waals surface area contributed by atoms with Crippen LogP contribution in [0.5, 0.6) is 0 Å². The molecule has 8 heteroatoms. The van der Waals surface area contributed by atoms with Crippen LogP contribution in [0.1, 0.15) is 17.0 Å². The Hall–Kier alpha value is -2.51. The number of likely N-dealkylation sites (N-methyl/N-ethyl adjacent to an activating group) is 1. The first-order valence-electron chi connectivity index (χ1n) is 7.67. The third kappa shape index (κ3) is 3.15. The van der Waals surface area contributed by atoms with Crippen molar-refractivity contribution in [2.75, 3.05) is 39.8 Å². The number of carbonyl (C=O) groups is 3. The average molecular weight is 320 g/mol. The van der Waals surface area contributed by atoms with Crippen LogP contribution in [0, 0.1) is 0 Å². The third-order valence-corrected chi connectivity index (χ3v) is 4.26. The standard InChI is InChI=1S/C15H20N4O4/c1-17-9-11-10-18(6-7-19(11)15(17)22)13(20)4-5-16-14(21)12-3-2-8-23-12/h2-3,8,11H,4-7,9-10H2,1H3,(H,16,21)/t11-/m0/s1. The van der Waals surface area contributed by atoms with E-state index in [1.165, 1.54) is 6.26 Å². The number of hydrogen-bond acceptors (Lipinski definition) is 4. The average Bonchev–Trinajstić information content (AvgIpc) is 3.16. The van der Waals surface area contributed by atoms with Crippen molar-refractivity contribution in [3.8, 4) is 0 Å². The number of rotatable bonds is 4. The highest BCUT2D eigenvalue weighted by molar-refractivity contribution is 5.91. The Bertz CT molecular complexity index is 601. The monoisotopic (exact) mass is 320 g/mol. The van der Waals surface area contributed by atoms with E-state index < -0.39 is 0 Å². The van der Waals surface area contributed by atoms with Gasteiger partial charge in [-0.15, -0.1) is 0 Å². The minimum Gasteiger partial charge on any atom is -0.459 e. The van der Waals surface area contributed by atoms with Crippen LogP contribution in [0.15, 0.2) is 22.8 Å². The van der Waals surface area contributed by atoms with E-state index in [1.807, 2.05) is 4.90 Å². The fourth-order valence-electron chi connectivity index (χ4n) is 3.04. The van der Waals surface area contributed by atoms with Crippen LogP contribution in [-0.4, -0.2) is 78.4 Å². The number of furan rings is 1. The number of fused-ring (bicyclic) bond motifs is 1. The van der Waals surface area contributed by atoms with Crippen LogP contribution in [-0.2, 0) is 4.79 Å². The summed E-state index contributed by atoms with van der Waals surface area (Å²) >= 11 is 0. The van der Waals surface area contributed by atoms with Gasteiger partial charge in [-0.2, -0.15) is 0 Å². The van der Waals surface area contributed by atoms with E-state index in [4.69, 9.17) is 4.42 Å². The quantitative estimate of drug-likeness (QED) is 0.844. The first kappa shape index (κ1) is 15.4. The Morgan fingerprint density at radius 3 is 2.91 bits per heavy atom. The van der Waals surface area contributed by atoms with E-state index in [-0.39, 0.29) is 42.6 Å². The highest BCUT2D eigenvalue weighted by Crippen LogP contribution is 2.19. The molecule has 0 aliphatic carbocycles. The number of piperazine rings is 1. The number of urea groups is 1. The smallest absolute Gasteiger partial charge is 0.320 e. The van der Waals surface area contributed by atoms with E-state index >= 15 is 0 Å². The van der Waals surface area contributed by atoms with E-state index in [0.717, 1.165) is 0 Å². The van der Waals surface area contributed by atoms with Gasteiger partial charge in [0.1, 0.15) is 0 Å². The zero-order chi connectivity index (χ0) is 16.4. The Morgan fingerprint density at radius 2 is 2.17 bits per heavy atom. The van der Waals surface area contributed by atoms with Gasteiger partial charge in [0.05, 0.1) is 12.3 Å². The van der Waals surface area contributed by atoms with Crippen molar-refractivity contribution in [3.05, 3.63) is 24.2 Å². The number of nitrogens with one attached hydrogen (secondary N) is 1. The van der Waals surface area contributed by atoms with E-state index in [1.54, 1.807) is 29.0 Å². The molecule has 3 rings (SSSR count). The van der Waals surface area contributed by atoms with E-state index in [9.17, 15) is 14.4 Å². The minimum absolute atomic E-state index is 0.00797. The summed E-state index contributed by atoms with van der Waals surface area (Å²) in [6.07, 6.45) is 1.67. The van der Waals surface area contributed by atoms with Crippen molar-refractivity contribution < 1.29 is 18.8 Å². The maximum absolute atomic E-state index is 12.3. The Balaban J connectivity index is 1.44. The summed E-state index contributed by atoms with van der Waals surface area (Å²) in [5.74, 6) is -0.0967. The summed E-state index contributed by atoms with van der Waals surface area (Å²) < 4.78 is 4.99. The molecule has 0 saturated carbocycles. The fraction of sp³-hybridized carbons (Fsp3) is 0.533. The highest BCUT2D eigenvalue weighted by atomic mass is 16.3. The molecule has 2 aliphatic heterocycles. The van der Waals surface area contributed by atoms with Crippen molar-refractivity contribution in [1.29, 1.82) is 0 Å². The van der Waals surface area contributed by atoms with Gasteiger partial charge in [0.25, 0.3) is 5.91 Å². The maximum Gasteiger partial charge on any atom is 0.320 e. The summed E-state index contributed by atoms with van der Waals surface area (Å²) in [4.78, 5) is 41.1. The number of nitrogens with zero attached hydrogens (tertiary/aromatic N) is 3. The minimum atomic E-state index is -0.323. The van der Waals surface area contributed by atoms with Crippen molar-refractivity contribution >= 4 is 17.8 Å². The number of carbonyl (C=O) groups excluding carboxylic acids is 3. The molecule has 1 aromatic heterocycles. The van der Waals surface area contributed by atoms with Gasteiger partial charge in [0.15, 0.2) is 5.76 Å². The Kier molecular flexibility index (Phi) is 4.22. The molecular formula is C15H20N4O4. The van der Waals surface area contributed by atoms with E-state index in [0.29, 0.717) is 26.2 Å². The topological polar surface area (TPSA) is 86.1 Å². The SMILES string of the molecule is CN1C[C@H]2CN(C(=O)CCNC(=O)c3ccco3)CCN2C1=O. The molecule has 0 radical (unpaired) electrons. The Morgan fingerprint density at radius 1 is 1.35 bits per heavy atom. The highest BCUT2D eigenvalue weighted by Gasteiger charge is 2.39. The molecule has 1 atom stereocenters. The molecule has 0 aromatic carbocycles. The second kappa shape index (κ2) is 6.31. The number of amides is 4. The summed E-state index contributed by atoms with van der Waals surface area (Å²) in [6, 6.07) is 3.32. The van der Waals surface area contributed by atoms with E-state index in [2.05, 4.69) is 5.32 Å². The number of hydrogen-bond donors (Lipinski definition) is 1. The van der Waals surface area contributed by atoms with Crippen molar-refractivity contribution in [1.82, 2.24) is 20.0 Å². The maximum atomic E-state index is 12.3. The summed E-state index contributed by atoms with van der Waals surface area (Å²) in [5.41, 5.74) is 0. The van der Waals surface area contributed by atoms with Gasteiger partial charge in [0, 0.05) is 46.2 Å². The molecule has 0 bridgehead atoms. The predicted octanol–water partition coefficient (Wildman–Crippen LogP) is -0.0223.